The topological polar surface area (TPSA) is 75.7 Å². The number of carbonyl (C=O) groups excluding carboxylic acids is 3. The maximum atomic E-state index is 13.0. The molecule has 1 aliphatic heterocycles. The molecule has 2 aromatic carbocycles. The minimum atomic E-state index is -1.18. The van der Waals surface area contributed by atoms with Gasteiger partial charge >= 0.3 is 6.03 Å². The van der Waals surface area contributed by atoms with Gasteiger partial charge in [0.1, 0.15) is 11.3 Å². The first kappa shape index (κ1) is 18.6. The van der Waals surface area contributed by atoms with E-state index in [0.29, 0.717) is 17.9 Å². The zero-order valence-electron chi connectivity index (χ0n) is 15.6. The molecule has 0 saturated carbocycles. The first-order valence-corrected chi connectivity index (χ1v) is 8.83. The molecule has 0 spiro atoms. The standard InChI is InChI=1S/C21H22N2O4/c1-4-27-16-11-9-15(10-12-16)18(24)13-23-19(25)21(3,22-20(23)26)17-8-6-5-7-14(17)2/h5-12H,4,13H2,1-3H3,(H,22,26). The van der Waals surface area contributed by atoms with Crippen molar-refractivity contribution in [2.75, 3.05) is 13.2 Å². The van der Waals surface area contributed by atoms with E-state index < -0.39 is 17.5 Å². The van der Waals surface area contributed by atoms with Crippen molar-refractivity contribution in [2.45, 2.75) is 26.3 Å². The van der Waals surface area contributed by atoms with Gasteiger partial charge < -0.3 is 10.1 Å². The number of amides is 3. The molecule has 1 saturated heterocycles. The fourth-order valence-electron chi connectivity index (χ4n) is 3.30. The molecule has 0 bridgehead atoms. The molecule has 6 heteroatoms. The Morgan fingerprint density at radius 1 is 1.11 bits per heavy atom. The van der Waals surface area contributed by atoms with Crippen LogP contribution < -0.4 is 10.1 Å². The molecule has 0 aliphatic carbocycles. The van der Waals surface area contributed by atoms with Gasteiger partial charge in [0.15, 0.2) is 5.78 Å². The van der Waals surface area contributed by atoms with Crippen LogP contribution in [0.25, 0.3) is 0 Å². The molecule has 2 aromatic rings. The number of hydrogen-bond donors (Lipinski definition) is 1. The molecule has 1 N–H and O–H groups in total. The van der Waals surface area contributed by atoms with Crippen molar-refractivity contribution in [1.82, 2.24) is 10.2 Å². The maximum Gasteiger partial charge on any atom is 0.325 e. The molecule has 27 heavy (non-hydrogen) atoms. The van der Waals surface area contributed by atoms with Crippen LogP contribution in [0.4, 0.5) is 4.79 Å². The van der Waals surface area contributed by atoms with Gasteiger partial charge in [-0.1, -0.05) is 24.3 Å². The third kappa shape index (κ3) is 3.43. The number of urea groups is 1. The average Bonchev–Trinajstić information content (AvgIpc) is 2.87. The molecule has 3 rings (SSSR count). The van der Waals surface area contributed by atoms with Crippen LogP contribution in [-0.2, 0) is 10.3 Å². The van der Waals surface area contributed by atoms with E-state index in [1.165, 1.54) is 0 Å². The third-order valence-electron chi connectivity index (χ3n) is 4.75. The molecular formula is C21H22N2O4. The summed E-state index contributed by atoms with van der Waals surface area (Å²) >= 11 is 0. The molecular weight excluding hydrogens is 344 g/mol. The van der Waals surface area contributed by atoms with E-state index in [1.807, 2.05) is 38.1 Å². The van der Waals surface area contributed by atoms with E-state index in [2.05, 4.69) is 5.32 Å². The molecule has 1 fully saturated rings. The van der Waals surface area contributed by atoms with Crippen molar-refractivity contribution in [3.8, 4) is 5.75 Å². The van der Waals surface area contributed by atoms with Crippen LogP contribution in [0.3, 0.4) is 0 Å². The first-order chi connectivity index (χ1) is 12.9. The first-order valence-electron chi connectivity index (χ1n) is 8.83. The molecule has 3 amide bonds. The largest absolute Gasteiger partial charge is 0.494 e. The molecule has 140 valence electrons. The summed E-state index contributed by atoms with van der Waals surface area (Å²) in [6.45, 7) is 5.65. The van der Waals surface area contributed by atoms with E-state index in [0.717, 1.165) is 16.0 Å². The van der Waals surface area contributed by atoms with Crippen molar-refractivity contribution < 1.29 is 19.1 Å². The summed E-state index contributed by atoms with van der Waals surface area (Å²) < 4.78 is 5.36. The van der Waals surface area contributed by atoms with Gasteiger partial charge in [-0.3, -0.25) is 14.5 Å². The number of Topliss-reactive ketones (excluding diaryl/α,β-unsaturated/α-hetero) is 1. The fraction of sp³-hybridized carbons (Fsp3) is 0.286. The van der Waals surface area contributed by atoms with Crippen molar-refractivity contribution >= 4 is 17.7 Å². The van der Waals surface area contributed by atoms with Gasteiger partial charge in [-0.05, 0) is 56.2 Å². The number of imide groups is 1. The Hall–Kier alpha value is -3.15. The van der Waals surface area contributed by atoms with Crippen molar-refractivity contribution in [1.29, 1.82) is 0 Å². The lowest BCUT2D eigenvalue weighted by atomic mass is 9.88. The second-order valence-corrected chi connectivity index (χ2v) is 6.64. The van der Waals surface area contributed by atoms with Gasteiger partial charge in [-0.25, -0.2) is 4.79 Å². The SMILES string of the molecule is CCOc1ccc(C(=O)CN2C(=O)NC(C)(c3ccccc3C)C2=O)cc1. The van der Waals surface area contributed by atoms with Gasteiger partial charge in [0.25, 0.3) is 5.91 Å². The van der Waals surface area contributed by atoms with Gasteiger partial charge in [-0.15, -0.1) is 0 Å². The highest BCUT2D eigenvalue weighted by atomic mass is 16.5. The highest BCUT2D eigenvalue weighted by Crippen LogP contribution is 2.31. The van der Waals surface area contributed by atoms with Crippen LogP contribution >= 0.6 is 0 Å². The van der Waals surface area contributed by atoms with Crippen LogP contribution in [0.5, 0.6) is 5.75 Å². The van der Waals surface area contributed by atoms with Crippen molar-refractivity contribution in [3.63, 3.8) is 0 Å². The summed E-state index contributed by atoms with van der Waals surface area (Å²) in [5.41, 5.74) is 0.859. The summed E-state index contributed by atoms with van der Waals surface area (Å²) in [6.07, 6.45) is 0. The lowest BCUT2D eigenvalue weighted by molar-refractivity contribution is -0.130. The summed E-state index contributed by atoms with van der Waals surface area (Å²) in [4.78, 5) is 38.9. The fourth-order valence-corrected chi connectivity index (χ4v) is 3.30. The van der Waals surface area contributed by atoms with E-state index in [-0.39, 0.29) is 12.3 Å². The second-order valence-electron chi connectivity index (χ2n) is 6.64. The van der Waals surface area contributed by atoms with Crippen LogP contribution in [0.2, 0.25) is 0 Å². The summed E-state index contributed by atoms with van der Waals surface area (Å²) in [7, 11) is 0. The maximum absolute atomic E-state index is 13.0. The molecule has 1 unspecified atom stereocenters. The Morgan fingerprint density at radius 3 is 2.41 bits per heavy atom. The average molecular weight is 366 g/mol. The Balaban J connectivity index is 1.79. The summed E-state index contributed by atoms with van der Waals surface area (Å²) in [5, 5.41) is 2.74. The Labute approximate surface area is 158 Å². The molecule has 1 heterocycles. The predicted molar refractivity (Wildman–Crippen MR) is 101 cm³/mol. The summed E-state index contributed by atoms with van der Waals surface area (Å²) in [6, 6.07) is 13.5. The highest BCUT2D eigenvalue weighted by molar-refractivity contribution is 6.11. The zero-order chi connectivity index (χ0) is 19.6. The number of hydrogen-bond acceptors (Lipinski definition) is 4. The number of ketones is 1. The molecule has 0 aromatic heterocycles. The summed E-state index contributed by atoms with van der Waals surface area (Å²) in [5.74, 6) is -0.0761. The normalized spacial score (nSPS) is 19.1. The number of benzene rings is 2. The Kier molecular flexibility index (Phi) is 4.99. The number of nitrogens with one attached hydrogen (secondary N) is 1. The van der Waals surface area contributed by atoms with Gasteiger partial charge in [-0.2, -0.15) is 0 Å². The Bertz CT molecular complexity index is 891. The van der Waals surface area contributed by atoms with Crippen LogP contribution in [-0.4, -0.2) is 35.8 Å². The van der Waals surface area contributed by atoms with Crippen molar-refractivity contribution in [3.05, 3.63) is 65.2 Å². The highest BCUT2D eigenvalue weighted by Gasteiger charge is 2.49. The predicted octanol–water partition coefficient (Wildman–Crippen LogP) is 3.04. The molecule has 1 atom stereocenters. The third-order valence-corrected chi connectivity index (χ3v) is 4.75. The monoisotopic (exact) mass is 366 g/mol. The van der Waals surface area contributed by atoms with Crippen LogP contribution in [0.15, 0.2) is 48.5 Å². The minimum Gasteiger partial charge on any atom is -0.494 e. The van der Waals surface area contributed by atoms with E-state index in [1.54, 1.807) is 31.2 Å². The quantitative estimate of drug-likeness (QED) is 0.630. The van der Waals surface area contributed by atoms with E-state index in [4.69, 9.17) is 4.74 Å². The smallest absolute Gasteiger partial charge is 0.325 e. The lowest BCUT2D eigenvalue weighted by Crippen LogP contribution is -2.42. The number of rotatable bonds is 6. The molecule has 0 radical (unpaired) electrons. The van der Waals surface area contributed by atoms with Gasteiger partial charge in [0, 0.05) is 5.56 Å². The van der Waals surface area contributed by atoms with E-state index in [9.17, 15) is 14.4 Å². The second kappa shape index (κ2) is 7.23. The molecule has 6 nitrogen and oxygen atoms in total. The van der Waals surface area contributed by atoms with Crippen LogP contribution in [0, 0.1) is 6.92 Å². The van der Waals surface area contributed by atoms with E-state index >= 15 is 0 Å². The van der Waals surface area contributed by atoms with Crippen LogP contribution in [0.1, 0.15) is 35.3 Å². The van der Waals surface area contributed by atoms with Gasteiger partial charge in [0.2, 0.25) is 0 Å². The Morgan fingerprint density at radius 2 is 1.78 bits per heavy atom. The van der Waals surface area contributed by atoms with Crippen molar-refractivity contribution in [2.24, 2.45) is 0 Å². The number of ether oxygens (including phenoxy) is 1. The van der Waals surface area contributed by atoms with Gasteiger partial charge in [0.05, 0.1) is 13.2 Å². The zero-order valence-corrected chi connectivity index (χ0v) is 15.6. The number of nitrogens with zero attached hydrogens (tertiary/aromatic N) is 1. The number of aryl methyl sites for hydroxylation is 1. The molecule has 1 aliphatic rings. The minimum absolute atomic E-state index is 0.305. The number of carbonyl (C=O) groups is 3. The lowest BCUT2D eigenvalue weighted by Gasteiger charge is -2.24.